The van der Waals surface area contributed by atoms with Gasteiger partial charge in [-0.3, -0.25) is 0 Å². The van der Waals surface area contributed by atoms with Crippen LogP contribution in [0.4, 0.5) is 4.79 Å². The second-order valence-corrected chi connectivity index (χ2v) is 8.10. The molecule has 0 saturated heterocycles. The van der Waals surface area contributed by atoms with Crippen LogP contribution in [-0.4, -0.2) is 27.7 Å². The van der Waals surface area contributed by atoms with Crippen molar-refractivity contribution in [3.05, 3.63) is 35.5 Å². The maximum absolute atomic E-state index is 12.4. The standard InChI is InChI=1S/C20H28N2O2/c1-14(2)12-22-17-9-7-6-8-15(17)16-13-21(11-10-18(16)22)19(23)24-20(3,4)5/h6-9,14H,10-13H2,1-5H3. The highest BCUT2D eigenvalue weighted by molar-refractivity contribution is 5.86. The Bertz CT molecular complexity index is 753. The number of carbonyl (C=O) groups excluding carboxylic acids is 1. The summed E-state index contributed by atoms with van der Waals surface area (Å²) in [4.78, 5) is 14.3. The Kier molecular flexibility index (Phi) is 4.33. The number of ether oxygens (including phenoxy) is 1. The largest absolute Gasteiger partial charge is 0.444 e. The topological polar surface area (TPSA) is 34.5 Å². The average molecular weight is 328 g/mol. The summed E-state index contributed by atoms with van der Waals surface area (Å²) in [6.07, 6.45) is 0.671. The van der Waals surface area contributed by atoms with Crippen LogP contribution in [0.3, 0.4) is 0 Å². The third kappa shape index (κ3) is 3.28. The van der Waals surface area contributed by atoms with Crippen LogP contribution >= 0.6 is 0 Å². The minimum Gasteiger partial charge on any atom is -0.444 e. The number of aromatic nitrogens is 1. The molecular formula is C20H28N2O2. The minimum atomic E-state index is -0.455. The van der Waals surface area contributed by atoms with E-state index in [0.29, 0.717) is 12.5 Å². The average Bonchev–Trinajstić information content (AvgIpc) is 2.79. The first kappa shape index (κ1) is 16.9. The van der Waals surface area contributed by atoms with Gasteiger partial charge in [-0.15, -0.1) is 0 Å². The molecule has 1 aliphatic heterocycles. The Hall–Kier alpha value is -1.97. The minimum absolute atomic E-state index is 0.214. The Morgan fingerprint density at radius 3 is 2.62 bits per heavy atom. The summed E-state index contributed by atoms with van der Waals surface area (Å²) in [5.41, 5.74) is 3.48. The highest BCUT2D eigenvalue weighted by Crippen LogP contribution is 2.32. The fourth-order valence-corrected chi connectivity index (χ4v) is 3.46. The molecule has 0 saturated carbocycles. The van der Waals surface area contributed by atoms with Crippen LogP contribution in [0.15, 0.2) is 24.3 Å². The van der Waals surface area contributed by atoms with Crippen molar-refractivity contribution in [1.82, 2.24) is 9.47 Å². The van der Waals surface area contributed by atoms with E-state index in [4.69, 9.17) is 4.74 Å². The number of carbonyl (C=O) groups is 1. The van der Waals surface area contributed by atoms with Gasteiger partial charge in [0.2, 0.25) is 0 Å². The second-order valence-electron chi connectivity index (χ2n) is 8.10. The smallest absolute Gasteiger partial charge is 0.410 e. The Labute approximate surface area is 144 Å². The molecule has 1 amide bonds. The van der Waals surface area contributed by atoms with Crippen molar-refractivity contribution in [2.24, 2.45) is 5.92 Å². The molecule has 4 nitrogen and oxygen atoms in total. The van der Waals surface area contributed by atoms with Crippen LogP contribution in [0.1, 0.15) is 45.9 Å². The number of amides is 1. The molecule has 0 fully saturated rings. The van der Waals surface area contributed by atoms with E-state index in [1.54, 1.807) is 0 Å². The van der Waals surface area contributed by atoms with E-state index in [-0.39, 0.29) is 6.09 Å². The zero-order valence-electron chi connectivity index (χ0n) is 15.4. The predicted octanol–water partition coefficient (Wildman–Crippen LogP) is 4.59. The van der Waals surface area contributed by atoms with Gasteiger partial charge >= 0.3 is 6.09 Å². The molecule has 4 heteroatoms. The number of hydrogen-bond acceptors (Lipinski definition) is 2. The Balaban J connectivity index is 1.95. The van der Waals surface area contributed by atoms with E-state index in [1.165, 1.54) is 22.2 Å². The summed E-state index contributed by atoms with van der Waals surface area (Å²) in [6, 6.07) is 8.53. The zero-order valence-corrected chi connectivity index (χ0v) is 15.4. The van der Waals surface area contributed by atoms with E-state index in [1.807, 2.05) is 25.7 Å². The van der Waals surface area contributed by atoms with Gasteiger partial charge in [-0.1, -0.05) is 32.0 Å². The third-order valence-corrected chi connectivity index (χ3v) is 4.36. The van der Waals surface area contributed by atoms with Gasteiger partial charge in [0.15, 0.2) is 0 Å². The molecule has 0 aliphatic carbocycles. The van der Waals surface area contributed by atoms with Gasteiger partial charge in [0.1, 0.15) is 5.60 Å². The van der Waals surface area contributed by atoms with E-state index >= 15 is 0 Å². The maximum Gasteiger partial charge on any atom is 0.410 e. The molecule has 0 spiro atoms. The zero-order chi connectivity index (χ0) is 17.5. The SMILES string of the molecule is CC(C)Cn1c2c(c3ccccc31)CN(C(=O)OC(C)(C)C)CC2. The molecule has 0 radical (unpaired) electrons. The van der Waals surface area contributed by atoms with Crippen molar-refractivity contribution in [3.63, 3.8) is 0 Å². The fraction of sp³-hybridized carbons (Fsp3) is 0.550. The summed E-state index contributed by atoms with van der Waals surface area (Å²) in [5, 5.41) is 1.27. The molecule has 0 N–H and O–H groups in total. The highest BCUT2D eigenvalue weighted by Gasteiger charge is 2.29. The summed E-state index contributed by atoms with van der Waals surface area (Å²) >= 11 is 0. The maximum atomic E-state index is 12.4. The third-order valence-electron chi connectivity index (χ3n) is 4.36. The van der Waals surface area contributed by atoms with Crippen molar-refractivity contribution in [1.29, 1.82) is 0 Å². The molecule has 2 heterocycles. The van der Waals surface area contributed by atoms with E-state index in [2.05, 4.69) is 42.7 Å². The molecule has 0 atom stereocenters. The lowest BCUT2D eigenvalue weighted by Crippen LogP contribution is -2.40. The van der Waals surface area contributed by atoms with Crippen molar-refractivity contribution in [2.75, 3.05) is 6.54 Å². The fourth-order valence-electron chi connectivity index (χ4n) is 3.46. The number of rotatable bonds is 2. The van der Waals surface area contributed by atoms with E-state index < -0.39 is 5.60 Å². The summed E-state index contributed by atoms with van der Waals surface area (Å²) < 4.78 is 8.00. The summed E-state index contributed by atoms with van der Waals surface area (Å²) in [5.74, 6) is 0.591. The molecule has 1 aliphatic rings. The van der Waals surface area contributed by atoms with Gasteiger partial charge < -0.3 is 14.2 Å². The monoisotopic (exact) mass is 328 g/mol. The van der Waals surface area contributed by atoms with E-state index in [0.717, 1.165) is 19.5 Å². The molecule has 2 aromatic rings. The highest BCUT2D eigenvalue weighted by atomic mass is 16.6. The van der Waals surface area contributed by atoms with Gasteiger partial charge in [0.25, 0.3) is 0 Å². The van der Waals surface area contributed by atoms with Gasteiger partial charge in [-0.2, -0.15) is 0 Å². The lowest BCUT2D eigenvalue weighted by atomic mass is 10.0. The number of fused-ring (bicyclic) bond motifs is 3. The van der Waals surface area contributed by atoms with Crippen molar-refractivity contribution >= 4 is 17.0 Å². The molecular weight excluding hydrogens is 300 g/mol. The van der Waals surface area contributed by atoms with Crippen LogP contribution in [0.2, 0.25) is 0 Å². The number of hydrogen-bond donors (Lipinski definition) is 0. The number of benzene rings is 1. The van der Waals surface area contributed by atoms with Crippen molar-refractivity contribution in [2.45, 2.75) is 59.7 Å². The first-order valence-electron chi connectivity index (χ1n) is 8.83. The molecule has 0 bridgehead atoms. The molecule has 0 unspecified atom stereocenters. The molecule has 1 aromatic carbocycles. The summed E-state index contributed by atoms with van der Waals surface area (Å²) in [6.45, 7) is 12.6. The van der Waals surface area contributed by atoms with Crippen LogP contribution < -0.4 is 0 Å². The van der Waals surface area contributed by atoms with Gasteiger partial charge in [0, 0.05) is 41.7 Å². The van der Waals surface area contributed by atoms with Crippen LogP contribution in [0.5, 0.6) is 0 Å². The molecule has 3 rings (SSSR count). The number of para-hydroxylation sites is 1. The predicted molar refractivity (Wildman–Crippen MR) is 97.1 cm³/mol. The Morgan fingerprint density at radius 2 is 1.96 bits per heavy atom. The first-order chi connectivity index (χ1) is 11.3. The van der Waals surface area contributed by atoms with Crippen molar-refractivity contribution in [3.8, 4) is 0 Å². The summed E-state index contributed by atoms with van der Waals surface area (Å²) in [7, 11) is 0. The van der Waals surface area contributed by atoms with Crippen LogP contribution in [0, 0.1) is 5.92 Å². The van der Waals surface area contributed by atoms with Crippen LogP contribution in [-0.2, 0) is 24.2 Å². The molecule has 24 heavy (non-hydrogen) atoms. The molecule has 1 aromatic heterocycles. The lowest BCUT2D eigenvalue weighted by Gasteiger charge is -2.31. The van der Waals surface area contributed by atoms with Gasteiger partial charge in [-0.05, 0) is 32.8 Å². The lowest BCUT2D eigenvalue weighted by molar-refractivity contribution is 0.0223. The first-order valence-corrected chi connectivity index (χ1v) is 8.83. The van der Waals surface area contributed by atoms with E-state index in [9.17, 15) is 4.79 Å². The van der Waals surface area contributed by atoms with Gasteiger partial charge in [0.05, 0.1) is 6.54 Å². The normalized spacial score (nSPS) is 15.0. The van der Waals surface area contributed by atoms with Gasteiger partial charge in [-0.25, -0.2) is 4.79 Å². The van der Waals surface area contributed by atoms with Crippen molar-refractivity contribution < 1.29 is 9.53 Å². The number of nitrogens with zero attached hydrogens (tertiary/aromatic N) is 2. The van der Waals surface area contributed by atoms with Crippen LogP contribution in [0.25, 0.3) is 10.9 Å². The quantitative estimate of drug-likeness (QED) is 0.808. The Morgan fingerprint density at radius 1 is 1.25 bits per heavy atom. The molecule has 130 valence electrons. The second kappa shape index (κ2) is 6.15.